The molecule has 0 radical (unpaired) electrons. The Balaban J connectivity index is 2.10. The molecule has 1 amide bonds. The normalized spacial score (nSPS) is 23.4. The highest BCUT2D eigenvalue weighted by Crippen LogP contribution is 2.26. The summed E-state index contributed by atoms with van der Waals surface area (Å²) >= 11 is 3.47. The van der Waals surface area contributed by atoms with Crippen LogP contribution in [0.5, 0.6) is 0 Å². The van der Waals surface area contributed by atoms with Crippen molar-refractivity contribution in [1.82, 2.24) is 10.6 Å². The molecule has 2 unspecified atom stereocenters. The molecule has 20 heavy (non-hydrogen) atoms. The van der Waals surface area contributed by atoms with Crippen molar-refractivity contribution < 1.29 is 4.79 Å². The van der Waals surface area contributed by atoms with Crippen molar-refractivity contribution in [2.75, 3.05) is 13.1 Å². The third kappa shape index (κ3) is 3.41. The molecule has 1 fully saturated rings. The summed E-state index contributed by atoms with van der Waals surface area (Å²) in [6.07, 6.45) is 1.11. The molecular weight excluding hydrogens is 316 g/mol. The van der Waals surface area contributed by atoms with E-state index in [9.17, 15) is 4.79 Å². The summed E-state index contributed by atoms with van der Waals surface area (Å²) in [6.45, 7) is 8.07. The van der Waals surface area contributed by atoms with Gasteiger partial charge in [-0.2, -0.15) is 0 Å². The molecule has 2 N–H and O–H groups in total. The third-order valence-corrected chi connectivity index (χ3v) is 4.75. The van der Waals surface area contributed by atoms with E-state index in [1.807, 2.05) is 38.1 Å². The summed E-state index contributed by atoms with van der Waals surface area (Å²) < 4.78 is 1.00. The van der Waals surface area contributed by atoms with E-state index in [0.717, 1.165) is 29.5 Å². The minimum atomic E-state index is -0.527. The van der Waals surface area contributed by atoms with Crippen LogP contribution in [0.25, 0.3) is 0 Å². The lowest BCUT2D eigenvalue weighted by atomic mass is 9.83. The number of hydrogen-bond donors (Lipinski definition) is 2. The van der Waals surface area contributed by atoms with Gasteiger partial charge in [0.1, 0.15) is 0 Å². The zero-order chi connectivity index (χ0) is 14.8. The van der Waals surface area contributed by atoms with E-state index in [1.54, 1.807) is 0 Å². The monoisotopic (exact) mass is 338 g/mol. The van der Waals surface area contributed by atoms with E-state index >= 15 is 0 Å². The van der Waals surface area contributed by atoms with Crippen molar-refractivity contribution in [2.45, 2.75) is 38.6 Å². The number of rotatable bonds is 3. The highest BCUT2D eigenvalue weighted by molar-refractivity contribution is 9.10. The lowest BCUT2D eigenvalue weighted by Gasteiger charge is -2.33. The van der Waals surface area contributed by atoms with E-state index in [1.165, 1.54) is 0 Å². The van der Waals surface area contributed by atoms with E-state index in [2.05, 4.69) is 33.5 Å². The SMILES string of the molecule is CC1CCNCC1NC(=O)C(C)(C)c1cccc(Br)c1. The molecule has 1 saturated heterocycles. The summed E-state index contributed by atoms with van der Waals surface area (Å²) in [7, 11) is 0. The second-order valence-corrected chi connectivity index (χ2v) is 7.10. The number of halogens is 1. The molecule has 0 bridgehead atoms. The Kier molecular flexibility index (Phi) is 4.86. The molecule has 110 valence electrons. The van der Waals surface area contributed by atoms with Gasteiger partial charge in [-0.05, 0) is 50.4 Å². The number of nitrogens with one attached hydrogen (secondary N) is 2. The zero-order valence-electron chi connectivity index (χ0n) is 12.4. The van der Waals surface area contributed by atoms with Crippen LogP contribution in [0.2, 0.25) is 0 Å². The fourth-order valence-corrected chi connectivity index (χ4v) is 2.94. The molecule has 1 aromatic rings. The molecule has 0 aromatic heterocycles. The molecule has 1 heterocycles. The summed E-state index contributed by atoms with van der Waals surface area (Å²) in [6, 6.07) is 8.20. The van der Waals surface area contributed by atoms with Crippen molar-refractivity contribution in [3.05, 3.63) is 34.3 Å². The molecule has 1 aliphatic heterocycles. The first-order valence-corrected chi connectivity index (χ1v) is 7.98. The maximum absolute atomic E-state index is 12.6. The van der Waals surface area contributed by atoms with Crippen LogP contribution in [0, 0.1) is 5.92 Å². The van der Waals surface area contributed by atoms with Crippen LogP contribution in [0.4, 0.5) is 0 Å². The Morgan fingerprint density at radius 2 is 2.20 bits per heavy atom. The quantitative estimate of drug-likeness (QED) is 0.889. The van der Waals surface area contributed by atoms with Crippen LogP contribution in [-0.2, 0) is 10.2 Å². The van der Waals surface area contributed by atoms with E-state index in [-0.39, 0.29) is 11.9 Å². The molecular formula is C16H23BrN2O. The van der Waals surface area contributed by atoms with Gasteiger partial charge in [0.2, 0.25) is 5.91 Å². The highest BCUT2D eigenvalue weighted by Gasteiger charge is 2.33. The first kappa shape index (κ1) is 15.5. The van der Waals surface area contributed by atoms with Crippen molar-refractivity contribution in [3.8, 4) is 0 Å². The van der Waals surface area contributed by atoms with E-state index < -0.39 is 5.41 Å². The minimum Gasteiger partial charge on any atom is -0.351 e. The number of carbonyl (C=O) groups excluding carboxylic acids is 1. The summed E-state index contributed by atoms with van der Waals surface area (Å²) in [5, 5.41) is 6.56. The molecule has 3 nitrogen and oxygen atoms in total. The number of carbonyl (C=O) groups is 1. The standard InChI is InChI=1S/C16H23BrN2O/c1-11-7-8-18-10-14(11)19-15(20)16(2,3)12-5-4-6-13(17)9-12/h4-6,9,11,14,18H,7-8,10H2,1-3H3,(H,19,20). The Morgan fingerprint density at radius 1 is 1.45 bits per heavy atom. The Hall–Kier alpha value is -0.870. The minimum absolute atomic E-state index is 0.0937. The number of benzene rings is 1. The Morgan fingerprint density at radius 3 is 2.85 bits per heavy atom. The predicted octanol–water partition coefficient (Wildman–Crippen LogP) is 2.84. The van der Waals surface area contributed by atoms with Crippen molar-refractivity contribution >= 4 is 21.8 Å². The molecule has 0 saturated carbocycles. The molecule has 1 aliphatic rings. The van der Waals surface area contributed by atoms with Gasteiger partial charge in [0.15, 0.2) is 0 Å². The lowest BCUT2D eigenvalue weighted by molar-refractivity contribution is -0.126. The first-order chi connectivity index (χ1) is 9.41. The number of piperidine rings is 1. The largest absolute Gasteiger partial charge is 0.351 e. The third-order valence-electron chi connectivity index (χ3n) is 4.26. The lowest BCUT2D eigenvalue weighted by Crippen LogP contribution is -2.54. The Bertz CT molecular complexity index is 487. The van der Waals surface area contributed by atoms with Gasteiger partial charge in [0.05, 0.1) is 5.41 Å². The van der Waals surface area contributed by atoms with Crippen LogP contribution in [0.3, 0.4) is 0 Å². The van der Waals surface area contributed by atoms with Crippen molar-refractivity contribution in [2.24, 2.45) is 5.92 Å². The molecule has 0 spiro atoms. The van der Waals surface area contributed by atoms with Gasteiger partial charge in [-0.25, -0.2) is 0 Å². The summed E-state index contributed by atoms with van der Waals surface area (Å²) in [4.78, 5) is 12.6. The summed E-state index contributed by atoms with van der Waals surface area (Å²) in [5.41, 5.74) is 0.502. The average Bonchev–Trinajstić information content (AvgIpc) is 2.41. The molecule has 4 heteroatoms. The molecule has 2 rings (SSSR count). The van der Waals surface area contributed by atoms with Gasteiger partial charge in [-0.15, -0.1) is 0 Å². The van der Waals surface area contributed by atoms with Gasteiger partial charge in [-0.1, -0.05) is 35.0 Å². The smallest absolute Gasteiger partial charge is 0.230 e. The molecule has 0 aliphatic carbocycles. The zero-order valence-corrected chi connectivity index (χ0v) is 14.0. The van der Waals surface area contributed by atoms with Gasteiger partial charge >= 0.3 is 0 Å². The summed E-state index contributed by atoms with van der Waals surface area (Å²) in [5.74, 6) is 0.620. The topological polar surface area (TPSA) is 41.1 Å². The molecule has 2 atom stereocenters. The van der Waals surface area contributed by atoms with Crippen LogP contribution >= 0.6 is 15.9 Å². The fraction of sp³-hybridized carbons (Fsp3) is 0.562. The first-order valence-electron chi connectivity index (χ1n) is 7.19. The average molecular weight is 339 g/mol. The maximum Gasteiger partial charge on any atom is 0.230 e. The van der Waals surface area contributed by atoms with Crippen molar-refractivity contribution in [3.63, 3.8) is 0 Å². The maximum atomic E-state index is 12.6. The number of hydrogen-bond acceptors (Lipinski definition) is 2. The van der Waals surface area contributed by atoms with Crippen LogP contribution in [-0.4, -0.2) is 25.0 Å². The highest BCUT2D eigenvalue weighted by atomic mass is 79.9. The second kappa shape index (κ2) is 6.27. The molecule has 1 aromatic carbocycles. The van der Waals surface area contributed by atoms with Gasteiger partial charge in [-0.3, -0.25) is 4.79 Å². The van der Waals surface area contributed by atoms with E-state index in [4.69, 9.17) is 0 Å². The predicted molar refractivity (Wildman–Crippen MR) is 85.7 cm³/mol. The van der Waals surface area contributed by atoms with Gasteiger partial charge in [0, 0.05) is 17.1 Å². The fourth-order valence-electron chi connectivity index (χ4n) is 2.54. The van der Waals surface area contributed by atoms with Gasteiger partial charge in [0.25, 0.3) is 0 Å². The van der Waals surface area contributed by atoms with Crippen LogP contribution in [0.15, 0.2) is 28.7 Å². The second-order valence-electron chi connectivity index (χ2n) is 6.19. The van der Waals surface area contributed by atoms with Gasteiger partial charge < -0.3 is 10.6 Å². The van der Waals surface area contributed by atoms with E-state index in [0.29, 0.717) is 5.92 Å². The van der Waals surface area contributed by atoms with Crippen LogP contribution in [0.1, 0.15) is 32.8 Å². The van der Waals surface area contributed by atoms with Crippen molar-refractivity contribution in [1.29, 1.82) is 0 Å². The number of amides is 1. The van der Waals surface area contributed by atoms with Crippen LogP contribution < -0.4 is 10.6 Å². The Labute approximate surface area is 129 Å².